The Hall–Kier alpha value is -3.13. The lowest BCUT2D eigenvalue weighted by atomic mass is 10.1. The van der Waals surface area contributed by atoms with Gasteiger partial charge in [0.1, 0.15) is 5.65 Å². The Morgan fingerprint density at radius 3 is 2.36 bits per heavy atom. The first-order chi connectivity index (χ1) is 15.9. The minimum Gasteiger partial charge on any atom is -0.387 e. The Morgan fingerprint density at radius 2 is 1.79 bits per heavy atom. The highest BCUT2D eigenvalue weighted by molar-refractivity contribution is 5.78. The summed E-state index contributed by atoms with van der Waals surface area (Å²) >= 11 is 0. The van der Waals surface area contributed by atoms with Crippen LogP contribution in [0.2, 0.25) is 0 Å². The zero-order valence-electron chi connectivity index (χ0n) is 20.0. The lowest BCUT2D eigenvalue weighted by molar-refractivity contribution is -0.129. The van der Waals surface area contributed by atoms with E-state index in [4.69, 9.17) is 4.98 Å². The van der Waals surface area contributed by atoms with Crippen molar-refractivity contribution in [3.8, 4) is 0 Å². The second-order valence-corrected chi connectivity index (χ2v) is 8.72. The van der Waals surface area contributed by atoms with E-state index in [0.717, 1.165) is 67.1 Å². The normalized spacial score (nSPS) is 15.3. The van der Waals surface area contributed by atoms with Gasteiger partial charge in [0.2, 0.25) is 11.9 Å². The Balaban J connectivity index is 1.53. The quantitative estimate of drug-likeness (QED) is 0.559. The summed E-state index contributed by atoms with van der Waals surface area (Å²) in [4.78, 5) is 25.0. The molecule has 4 rings (SSSR count). The van der Waals surface area contributed by atoms with Crippen molar-refractivity contribution in [2.75, 3.05) is 36.4 Å². The fourth-order valence-corrected chi connectivity index (χ4v) is 4.61. The molecule has 176 valence electrons. The van der Waals surface area contributed by atoms with Crippen molar-refractivity contribution < 1.29 is 9.90 Å². The van der Waals surface area contributed by atoms with Crippen LogP contribution in [0.15, 0.2) is 36.5 Å². The summed E-state index contributed by atoms with van der Waals surface area (Å²) in [6.45, 7) is 10.9. The molecule has 1 aromatic carbocycles. The summed E-state index contributed by atoms with van der Waals surface area (Å²) in [5.74, 6) is 0.676. The first-order valence-corrected chi connectivity index (χ1v) is 11.8. The summed E-state index contributed by atoms with van der Waals surface area (Å²) in [6, 6.07) is 10.5. The SMILES string of the molecule is CCC(CC)n1c(C(C)O)cc2cnc(Nc3ccc(N4CCN(C(C)=O)CC4)cc3)nc21. The van der Waals surface area contributed by atoms with Gasteiger partial charge >= 0.3 is 0 Å². The first-order valence-electron chi connectivity index (χ1n) is 11.8. The standard InChI is InChI=1S/C25H34N6O2/c1-5-21(6-2)31-23(17(3)32)15-19-16-26-25(28-24(19)31)27-20-7-9-22(10-8-20)30-13-11-29(12-14-30)18(4)33/h7-10,15-17,21,32H,5-6,11-14H2,1-4H3,(H,26,27,28). The molecule has 1 fully saturated rings. The average molecular weight is 451 g/mol. The maximum atomic E-state index is 11.5. The van der Waals surface area contributed by atoms with Crippen LogP contribution in [0.1, 0.15) is 58.4 Å². The van der Waals surface area contributed by atoms with Crippen molar-refractivity contribution in [2.24, 2.45) is 0 Å². The van der Waals surface area contributed by atoms with Gasteiger partial charge < -0.3 is 24.8 Å². The van der Waals surface area contributed by atoms with Gasteiger partial charge in [-0.25, -0.2) is 4.98 Å². The number of rotatable bonds is 7. The van der Waals surface area contributed by atoms with E-state index < -0.39 is 6.10 Å². The lowest BCUT2D eigenvalue weighted by Gasteiger charge is -2.35. The summed E-state index contributed by atoms with van der Waals surface area (Å²) < 4.78 is 2.16. The summed E-state index contributed by atoms with van der Waals surface area (Å²) in [5.41, 5.74) is 3.78. The molecule has 3 aromatic rings. The van der Waals surface area contributed by atoms with Crippen molar-refractivity contribution in [2.45, 2.75) is 52.7 Å². The summed E-state index contributed by atoms with van der Waals surface area (Å²) in [5, 5.41) is 14.6. The highest BCUT2D eigenvalue weighted by Crippen LogP contribution is 2.31. The minimum atomic E-state index is -0.568. The molecule has 1 aliphatic heterocycles. The van der Waals surface area contributed by atoms with E-state index >= 15 is 0 Å². The van der Waals surface area contributed by atoms with Crippen LogP contribution in [0.3, 0.4) is 0 Å². The van der Waals surface area contributed by atoms with Gasteiger partial charge in [0, 0.05) is 67.8 Å². The minimum absolute atomic E-state index is 0.141. The molecule has 2 aromatic heterocycles. The molecule has 3 heterocycles. The molecular formula is C25H34N6O2. The van der Waals surface area contributed by atoms with Gasteiger partial charge in [-0.1, -0.05) is 13.8 Å². The number of nitrogens with one attached hydrogen (secondary N) is 1. The zero-order chi connectivity index (χ0) is 23.5. The van der Waals surface area contributed by atoms with Crippen LogP contribution in [0, 0.1) is 0 Å². The smallest absolute Gasteiger partial charge is 0.229 e. The van der Waals surface area contributed by atoms with Crippen LogP contribution in [-0.4, -0.2) is 56.6 Å². The number of amides is 1. The van der Waals surface area contributed by atoms with E-state index in [1.165, 1.54) is 0 Å². The van der Waals surface area contributed by atoms with Crippen molar-refractivity contribution >= 4 is 34.3 Å². The third-order valence-electron chi connectivity index (χ3n) is 6.55. The first kappa shape index (κ1) is 23.0. The molecule has 1 unspecified atom stereocenters. The maximum absolute atomic E-state index is 11.5. The van der Waals surface area contributed by atoms with Crippen LogP contribution in [0.5, 0.6) is 0 Å². The highest BCUT2D eigenvalue weighted by atomic mass is 16.3. The molecule has 33 heavy (non-hydrogen) atoms. The number of anilines is 3. The maximum Gasteiger partial charge on any atom is 0.229 e. The fraction of sp³-hybridized carbons (Fsp3) is 0.480. The predicted octanol–water partition coefficient (Wildman–Crippen LogP) is 4.26. The van der Waals surface area contributed by atoms with Crippen molar-refractivity contribution in [3.05, 3.63) is 42.2 Å². The monoisotopic (exact) mass is 450 g/mol. The lowest BCUT2D eigenvalue weighted by Crippen LogP contribution is -2.48. The molecule has 0 bridgehead atoms. The molecule has 1 saturated heterocycles. The molecule has 1 atom stereocenters. The number of hydrogen-bond acceptors (Lipinski definition) is 6. The predicted molar refractivity (Wildman–Crippen MR) is 132 cm³/mol. The number of piperazine rings is 1. The summed E-state index contributed by atoms with van der Waals surface area (Å²) in [7, 11) is 0. The average Bonchev–Trinajstić information content (AvgIpc) is 3.20. The third-order valence-corrected chi connectivity index (χ3v) is 6.55. The van der Waals surface area contributed by atoms with Gasteiger partial charge in [0.15, 0.2) is 0 Å². The van der Waals surface area contributed by atoms with Gasteiger partial charge in [-0.3, -0.25) is 4.79 Å². The van der Waals surface area contributed by atoms with E-state index in [9.17, 15) is 9.90 Å². The Morgan fingerprint density at radius 1 is 1.12 bits per heavy atom. The van der Waals surface area contributed by atoms with Crippen LogP contribution in [0.4, 0.5) is 17.3 Å². The number of fused-ring (bicyclic) bond motifs is 1. The number of carbonyl (C=O) groups is 1. The van der Waals surface area contributed by atoms with Crippen LogP contribution >= 0.6 is 0 Å². The van der Waals surface area contributed by atoms with Crippen LogP contribution < -0.4 is 10.2 Å². The zero-order valence-corrected chi connectivity index (χ0v) is 20.0. The van der Waals surface area contributed by atoms with Gasteiger partial charge in [0.05, 0.1) is 6.10 Å². The number of aliphatic hydroxyl groups is 1. The largest absolute Gasteiger partial charge is 0.387 e. The van der Waals surface area contributed by atoms with Crippen molar-refractivity contribution in [1.82, 2.24) is 19.4 Å². The molecule has 1 aliphatic rings. The topological polar surface area (TPSA) is 86.5 Å². The van der Waals surface area contributed by atoms with E-state index in [2.05, 4.69) is 45.7 Å². The second-order valence-electron chi connectivity index (χ2n) is 8.72. The Kier molecular flexibility index (Phi) is 6.83. The highest BCUT2D eigenvalue weighted by Gasteiger charge is 2.21. The van der Waals surface area contributed by atoms with E-state index in [-0.39, 0.29) is 11.9 Å². The summed E-state index contributed by atoms with van der Waals surface area (Å²) in [6.07, 6.45) is 3.18. The molecule has 2 N–H and O–H groups in total. The molecular weight excluding hydrogens is 416 g/mol. The number of aromatic nitrogens is 3. The van der Waals surface area contributed by atoms with E-state index in [0.29, 0.717) is 5.95 Å². The fourth-order valence-electron chi connectivity index (χ4n) is 4.61. The van der Waals surface area contributed by atoms with Gasteiger partial charge in [0.25, 0.3) is 0 Å². The van der Waals surface area contributed by atoms with Crippen LogP contribution in [0.25, 0.3) is 11.0 Å². The Bertz CT molecular complexity index is 1100. The number of nitrogens with zero attached hydrogens (tertiary/aromatic N) is 5. The van der Waals surface area contributed by atoms with E-state index in [1.807, 2.05) is 29.3 Å². The van der Waals surface area contributed by atoms with Gasteiger partial charge in [-0.2, -0.15) is 4.98 Å². The molecule has 0 radical (unpaired) electrons. The molecule has 1 amide bonds. The van der Waals surface area contributed by atoms with Crippen LogP contribution in [-0.2, 0) is 4.79 Å². The Labute approximate surface area is 195 Å². The number of aliphatic hydroxyl groups excluding tert-OH is 1. The molecule has 0 saturated carbocycles. The number of benzene rings is 1. The van der Waals surface area contributed by atoms with Crippen molar-refractivity contribution in [1.29, 1.82) is 0 Å². The van der Waals surface area contributed by atoms with E-state index in [1.54, 1.807) is 13.8 Å². The van der Waals surface area contributed by atoms with Gasteiger partial charge in [-0.15, -0.1) is 0 Å². The number of carbonyl (C=O) groups excluding carboxylic acids is 1. The number of hydrogen-bond donors (Lipinski definition) is 2. The molecule has 0 aliphatic carbocycles. The van der Waals surface area contributed by atoms with Gasteiger partial charge in [-0.05, 0) is 50.1 Å². The third kappa shape index (κ3) is 4.80. The molecule has 0 spiro atoms. The second kappa shape index (κ2) is 9.79. The molecule has 8 heteroatoms. The molecule has 8 nitrogen and oxygen atoms in total. The van der Waals surface area contributed by atoms with Crippen molar-refractivity contribution in [3.63, 3.8) is 0 Å².